The highest BCUT2D eigenvalue weighted by molar-refractivity contribution is 5.88. The van der Waals surface area contributed by atoms with Gasteiger partial charge in [0, 0.05) is 0 Å². The lowest BCUT2D eigenvalue weighted by molar-refractivity contribution is 0.0691. The van der Waals surface area contributed by atoms with Crippen LogP contribution in [0.4, 0.5) is 8.78 Å². The van der Waals surface area contributed by atoms with E-state index in [4.69, 9.17) is 10.8 Å². The molecule has 1 atom stereocenters. The van der Waals surface area contributed by atoms with Gasteiger partial charge in [-0.1, -0.05) is 6.92 Å². The van der Waals surface area contributed by atoms with E-state index < -0.39 is 23.2 Å². The molecule has 0 amide bonds. The van der Waals surface area contributed by atoms with E-state index in [1.165, 1.54) is 0 Å². The predicted molar refractivity (Wildman–Crippen MR) is 50.8 cm³/mol. The summed E-state index contributed by atoms with van der Waals surface area (Å²) < 4.78 is 26.5. The maximum Gasteiger partial charge on any atom is 0.338 e. The molecule has 0 saturated heterocycles. The van der Waals surface area contributed by atoms with E-state index in [1.807, 2.05) is 0 Å². The summed E-state index contributed by atoms with van der Waals surface area (Å²) in [5.74, 6) is -3.52. The standard InChI is InChI=1S/C10H11F2NO2/c1-5(4-13)6-2-9(12)7(10(14)15)3-8(6)11/h2-3,5H,4,13H2,1H3,(H,14,15). The Kier molecular flexibility index (Phi) is 3.36. The second-order valence-electron chi connectivity index (χ2n) is 3.30. The van der Waals surface area contributed by atoms with Gasteiger partial charge < -0.3 is 10.8 Å². The number of benzene rings is 1. The number of carboxylic acid groups (broad SMARTS) is 1. The summed E-state index contributed by atoms with van der Waals surface area (Å²) in [6.45, 7) is 1.81. The zero-order valence-electron chi connectivity index (χ0n) is 8.13. The molecule has 3 N–H and O–H groups in total. The molecule has 0 aliphatic carbocycles. The molecule has 0 heterocycles. The van der Waals surface area contributed by atoms with Crippen molar-refractivity contribution < 1.29 is 18.7 Å². The van der Waals surface area contributed by atoms with Crippen LogP contribution in [0.3, 0.4) is 0 Å². The third kappa shape index (κ3) is 2.30. The van der Waals surface area contributed by atoms with E-state index in [0.29, 0.717) is 6.07 Å². The molecule has 1 aromatic carbocycles. The Hall–Kier alpha value is -1.49. The lowest BCUT2D eigenvalue weighted by Crippen LogP contribution is -2.12. The molecule has 15 heavy (non-hydrogen) atoms. The van der Waals surface area contributed by atoms with Crippen molar-refractivity contribution in [3.63, 3.8) is 0 Å². The molecule has 1 unspecified atom stereocenters. The van der Waals surface area contributed by atoms with Crippen LogP contribution in [0.1, 0.15) is 28.8 Å². The average Bonchev–Trinajstić information content (AvgIpc) is 2.19. The topological polar surface area (TPSA) is 63.3 Å². The average molecular weight is 215 g/mol. The highest BCUT2D eigenvalue weighted by Gasteiger charge is 2.17. The van der Waals surface area contributed by atoms with Crippen LogP contribution < -0.4 is 5.73 Å². The van der Waals surface area contributed by atoms with E-state index in [2.05, 4.69) is 0 Å². The summed E-state index contributed by atoms with van der Waals surface area (Å²) in [4.78, 5) is 10.5. The molecular weight excluding hydrogens is 204 g/mol. The Labute approximate surface area is 85.5 Å². The Morgan fingerprint density at radius 1 is 1.47 bits per heavy atom. The van der Waals surface area contributed by atoms with Gasteiger partial charge in [-0.25, -0.2) is 13.6 Å². The first-order valence-electron chi connectivity index (χ1n) is 4.39. The minimum Gasteiger partial charge on any atom is -0.478 e. The van der Waals surface area contributed by atoms with Gasteiger partial charge in [-0.05, 0) is 30.2 Å². The molecule has 0 aliphatic rings. The Morgan fingerprint density at radius 2 is 2.07 bits per heavy atom. The Bertz CT molecular complexity index is 393. The van der Waals surface area contributed by atoms with E-state index in [0.717, 1.165) is 6.07 Å². The molecular formula is C10H11F2NO2. The molecule has 0 radical (unpaired) electrons. The first-order valence-corrected chi connectivity index (χ1v) is 4.39. The van der Waals surface area contributed by atoms with Crippen LogP contribution in [0.5, 0.6) is 0 Å². The van der Waals surface area contributed by atoms with Crippen LogP contribution in [0, 0.1) is 11.6 Å². The first kappa shape index (κ1) is 11.6. The van der Waals surface area contributed by atoms with Crippen LogP contribution in [0.25, 0.3) is 0 Å². The molecule has 0 aromatic heterocycles. The molecule has 1 aromatic rings. The zero-order valence-corrected chi connectivity index (χ0v) is 8.13. The number of hydrogen-bond donors (Lipinski definition) is 2. The first-order chi connectivity index (χ1) is 6.97. The van der Waals surface area contributed by atoms with E-state index >= 15 is 0 Å². The maximum absolute atomic E-state index is 13.3. The second kappa shape index (κ2) is 4.35. The summed E-state index contributed by atoms with van der Waals surface area (Å²) in [5.41, 5.74) is 4.75. The molecule has 0 spiro atoms. The SMILES string of the molecule is CC(CN)c1cc(F)c(C(=O)O)cc1F. The molecule has 82 valence electrons. The van der Waals surface area contributed by atoms with Crippen LogP contribution in [0.15, 0.2) is 12.1 Å². The molecule has 0 fully saturated rings. The van der Waals surface area contributed by atoms with Crippen molar-refractivity contribution in [2.45, 2.75) is 12.8 Å². The van der Waals surface area contributed by atoms with Gasteiger partial charge in [0.2, 0.25) is 0 Å². The maximum atomic E-state index is 13.3. The van der Waals surface area contributed by atoms with E-state index in [9.17, 15) is 13.6 Å². The van der Waals surface area contributed by atoms with Gasteiger partial charge in [0.1, 0.15) is 11.6 Å². The quantitative estimate of drug-likeness (QED) is 0.807. The highest BCUT2D eigenvalue weighted by atomic mass is 19.1. The molecule has 0 aliphatic heterocycles. The van der Waals surface area contributed by atoms with Crippen LogP contribution in [0.2, 0.25) is 0 Å². The Morgan fingerprint density at radius 3 is 2.53 bits per heavy atom. The van der Waals surface area contributed by atoms with Crippen molar-refractivity contribution in [2.24, 2.45) is 5.73 Å². The minimum absolute atomic E-state index is 0.0972. The monoisotopic (exact) mass is 215 g/mol. The third-order valence-electron chi connectivity index (χ3n) is 2.20. The van der Waals surface area contributed by atoms with E-state index in [1.54, 1.807) is 6.92 Å². The number of carboxylic acids is 1. The van der Waals surface area contributed by atoms with Crippen molar-refractivity contribution >= 4 is 5.97 Å². The lowest BCUT2D eigenvalue weighted by Gasteiger charge is -2.11. The van der Waals surface area contributed by atoms with Gasteiger partial charge in [-0.3, -0.25) is 0 Å². The molecule has 0 bridgehead atoms. The molecule has 3 nitrogen and oxygen atoms in total. The van der Waals surface area contributed by atoms with Gasteiger partial charge in [-0.15, -0.1) is 0 Å². The van der Waals surface area contributed by atoms with Crippen molar-refractivity contribution in [3.05, 3.63) is 34.9 Å². The van der Waals surface area contributed by atoms with Crippen molar-refractivity contribution in [1.29, 1.82) is 0 Å². The highest BCUT2D eigenvalue weighted by Crippen LogP contribution is 2.21. The van der Waals surface area contributed by atoms with Gasteiger partial charge in [0.15, 0.2) is 0 Å². The van der Waals surface area contributed by atoms with Gasteiger partial charge in [0.25, 0.3) is 0 Å². The number of carbonyl (C=O) groups is 1. The van der Waals surface area contributed by atoms with Gasteiger partial charge >= 0.3 is 5.97 Å². The molecule has 1 rings (SSSR count). The number of nitrogens with two attached hydrogens (primary N) is 1. The Balaban J connectivity index is 3.25. The fourth-order valence-electron chi connectivity index (χ4n) is 1.23. The summed E-state index contributed by atoms with van der Waals surface area (Å²) in [6, 6.07) is 1.56. The van der Waals surface area contributed by atoms with E-state index in [-0.39, 0.29) is 18.0 Å². The summed E-state index contributed by atoms with van der Waals surface area (Å²) in [6.07, 6.45) is 0. The number of rotatable bonds is 3. The number of aromatic carboxylic acids is 1. The molecule has 0 saturated carbocycles. The summed E-state index contributed by atoms with van der Waals surface area (Å²) in [7, 11) is 0. The van der Waals surface area contributed by atoms with Crippen molar-refractivity contribution in [3.8, 4) is 0 Å². The van der Waals surface area contributed by atoms with Crippen LogP contribution >= 0.6 is 0 Å². The smallest absolute Gasteiger partial charge is 0.338 e. The lowest BCUT2D eigenvalue weighted by atomic mass is 9.99. The fraction of sp³-hybridized carbons (Fsp3) is 0.300. The van der Waals surface area contributed by atoms with Crippen LogP contribution in [-0.4, -0.2) is 17.6 Å². The fourth-order valence-corrected chi connectivity index (χ4v) is 1.23. The number of hydrogen-bond acceptors (Lipinski definition) is 2. The molecule has 5 heteroatoms. The van der Waals surface area contributed by atoms with Gasteiger partial charge in [-0.2, -0.15) is 0 Å². The predicted octanol–water partition coefficient (Wildman–Crippen LogP) is 1.73. The van der Waals surface area contributed by atoms with Crippen molar-refractivity contribution in [2.75, 3.05) is 6.54 Å². The third-order valence-corrected chi connectivity index (χ3v) is 2.20. The normalized spacial score (nSPS) is 12.5. The largest absolute Gasteiger partial charge is 0.478 e. The second-order valence-corrected chi connectivity index (χ2v) is 3.30. The number of halogens is 2. The van der Waals surface area contributed by atoms with Gasteiger partial charge in [0.05, 0.1) is 5.56 Å². The zero-order chi connectivity index (χ0) is 11.6. The van der Waals surface area contributed by atoms with Crippen LogP contribution in [-0.2, 0) is 0 Å². The summed E-state index contributed by atoms with van der Waals surface area (Å²) >= 11 is 0. The van der Waals surface area contributed by atoms with Crippen molar-refractivity contribution in [1.82, 2.24) is 0 Å². The minimum atomic E-state index is -1.49. The summed E-state index contributed by atoms with van der Waals surface area (Å²) in [5, 5.41) is 8.55.